The van der Waals surface area contributed by atoms with Gasteiger partial charge in [-0.1, -0.05) is 13.3 Å². The van der Waals surface area contributed by atoms with Crippen LogP contribution >= 0.6 is 11.8 Å². The molecular weight excluding hydrogens is 208 g/mol. The van der Waals surface area contributed by atoms with E-state index in [1.54, 1.807) is 0 Å². The van der Waals surface area contributed by atoms with E-state index in [1.165, 1.54) is 19.3 Å². The molecule has 1 saturated carbocycles. The molecule has 1 aliphatic heterocycles. The molecule has 2 N–H and O–H groups in total. The smallest absolute Gasteiger partial charge is 0.225 e. The highest BCUT2D eigenvalue weighted by atomic mass is 32.2. The van der Waals surface area contributed by atoms with Crippen LogP contribution in [-0.4, -0.2) is 36.0 Å². The molecule has 2 atom stereocenters. The number of carbonyl (C=O) groups is 1. The van der Waals surface area contributed by atoms with Crippen LogP contribution in [0.4, 0.5) is 0 Å². The number of rotatable bonds is 4. The highest BCUT2D eigenvalue weighted by molar-refractivity contribution is 7.99. The van der Waals surface area contributed by atoms with E-state index in [-0.39, 0.29) is 11.8 Å². The predicted molar refractivity (Wildman–Crippen MR) is 64.1 cm³/mol. The number of carbonyl (C=O) groups excluding carboxylic acids is 1. The quantitative estimate of drug-likeness (QED) is 0.754. The van der Waals surface area contributed by atoms with Crippen LogP contribution in [0.1, 0.15) is 26.2 Å². The third kappa shape index (κ3) is 2.67. The van der Waals surface area contributed by atoms with E-state index in [0.717, 1.165) is 18.8 Å². The van der Waals surface area contributed by atoms with E-state index < -0.39 is 0 Å². The second kappa shape index (κ2) is 5.21. The van der Waals surface area contributed by atoms with Crippen molar-refractivity contribution >= 4 is 17.7 Å². The van der Waals surface area contributed by atoms with Gasteiger partial charge in [0.1, 0.15) is 0 Å². The van der Waals surface area contributed by atoms with Crippen molar-refractivity contribution in [1.82, 2.24) is 10.6 Å². The Morgan fingerprint density at radius 3 is 2.87 bits per heavy atom. The maximum Gasteiger partial charge on any atom is 0.225 e. The lowest BCUT2D eigenvalue weighted by atomic mass is 10.0. The molecule has 15 heavy (non-hydrogen) atoms. The first-order valence-electron chi connectivity index (χ1n) is 5.94. The minimum Gasteiger partial charge on any atom is -0.352 e. The Morgan fingerprint density at radius 2 is 2.27 bits per heavy atom. The SMILES string of the molecule is CCSC1CCCC1NC(=O)C1CNC1. The molecule has 1 heterocycles. The molecule has 0 bridgehead atoms. The molecule has 2 unspecified atom stereocenters. The standard InChI is InChI=1S/C11H20N2OS/c1-2-15-10-5-3-4-9(10)13-11(14)8-6-12-7-8/h8-10,12H,2-7H2,1H3,(H,13,14). The number of hydrogen-bond donors (Lipinski definition) is 2. The maximum absolute atomic E-state index is 11.8. The lowest BCUT2D eigenvalue weighted by Gasteiger charge is -2.29. The Hall–Kier alpha value is -0.220. The predicted octanol–water partition coefficient (Wildman–Crippen LogP) is 0.996. The molecule has 0 aromatic rings. The molecule has 0 radical (unpaired) electrons. The van der Waals surface area contributed by atoms with Gasteiger partial charge in [0, 0.05) is 24.4 Å². The van der Waals surface area contributed by atoms with Crippen molar-refractivity contribution in [3.63, 3.8) is 0 Å². The molecule has 2 fully saturated rings. The molecule has 0 spiro atoms. The molecule has 0 aromatic heterocycles. The Bertz CT molecular complexity index is 231. The van der Waals surface area contributed by atoms with Crippen LogP contribution in [0.15, 0.2) is 0 Å². The summed E-state index contributed by atoms with van der Waals surface area (Å²) in [5.74, 6) is 1.65. The van der Waals surface area contributed by atoms with E-state index in [2.05, 4.69) is 17.6 Å². The highest BCUT2D eigenvalue weighted by Crippen LogP contribution is 2.30. The lowest BCUT2D eigenvalue weighted by Crippen LogP contribution is -2.53. The van der Waals surface area contributed by atoms with Crippen LogP contribution in [0.2, 0.25) is 0 Å². The van der Waals surface area contributed by atoms with Gasteiger partial charge >= 0.3 is 0 Å². The fourth-order valence-electron chi connectivity index (χ4n) is 2.28. The summed E-state index contributed by atoms with van der Waals surface area (Å²) in [6.45, 7) is 3.92. The van der Waals surface area contributed by atoms with Gasteiger partial charge in [-0.2, -0.15) is 11.8 Å². The zero-order valence-corrected chi connectivity index (χ0v) is 10.1. The van der Waals surface area contributed by atoms with E-state index in [0.29, 0.717) is 11.3 Å². The van der Waals surface area contributed by atoms with Gasteiger partial charge in [-0.3, -0.25) is 4.79 Å². The molecule has 86 valence electrons. The molecule has 0 aromatic carbocycles. The first kappa shape index (κ1) is 11.3. The molecule has 1 amide bonds. The fourth-order valence-corrected chi connectivity index (χ4v) is 3.48. The van der Waals surface area contributed by atoms with Gasteiger partial charge in [-0.25, -0.2) is 0 Å². The number of hydrogen-bond acceptors (Lipinski definition) is 3. The summed E-state index contributed by atoms with van der Waals surface area (Å²) in [4.78, 5) is 11.8. The van der Waals surface area contributed by atoms with Gasteiger partial charge in [-0.05, 0) is 18.6 Å². The maximum atomic E-state index is 11.8. The summed E-state index contributed by atoms with van der Waals surface area (Å²) in [6, 6.07) is 0.433. The molecular formula is C11H20N2OS. The molecule has 3 nitrogen and oxygen atoms in total. The van der Waals surface area contributed by atoms with E-state index in [4.69, 9.17) is 0 Å². The van der Waals surface area contributed by atoms with Crippen molar-refractivity contribution in [1.29, 1.82) is 0 Å². The summed E-state index contributed by atoms with van der Waals surface area (Å²) in [5, 5.41) is 7.01. The van der Waals surface area contributed by atoms with Gasteiger partial charge in [0.25, 0.3) is 0 Å². The van der Waals surface area contributed by atoms with Crippen molar-refractivity contribution in [3.8, 4) is 0 Å². The van der Waals surface area contributed by atoms with Gasteiger partial charge < -0.3 is 10.6 Å². The molecule has 4 heteroatoms. The molecule has 2 rings (SSSR count). The van der Waals surface area contributed by atoms with Crippen molar-refractivity contribution < 1.29 is 4.79 Å². The van der Waals surface area contributed by atoms with Gasteiger partial charge in [-0.15, -0.1) is 0 Å². The van der Waals surface area contributed by atoms with Crippen molar-refractivity contribution in [2.24, 2.45) is 5.92 Å². The van der Waals surface area contributed by atoms with E-state index in [1.807, 2.05) is 11.8 Å². The Balaban J connectivity index is 1.79. The molecule has 1 saturated heterocycles. The lowest BCUT2D eigenvalue weighted by molar-refractivity contribution is -0.127. The minimum atomic E-state index is 0.234. The van der Waals surface area contributed by atoms with Gasteiger partial charge in [0.15, 0.2) is 0 Å². The Labute approximate surface area is 95.8 Å². The van der Waals surface area contributed by atoms with E-state index >= 15 is 0 Å². The summed E-state index contributed by atoms with van der Waals surface area (Å²) in [5.41, 5.74) is 0. The highest BCUT2D eigenvalue weighted by Gasteiger charge is 2.32. The molecule has 2 aliphatic rings. The van der Waals surface area contributed by atoms with Crippen LogP contribution in [-0.2, 0) is 4.79 Å². The van der Waals surface area contributed by atoms with Crippen molar-refractivity contribution in [2.45, 2.75) is 37.5 Å². The Morgan fingerprint density at radius 1 is 1.47 bits per heavy atom. The third-order valence-electron chi connectivity index (χ3n) is 3.31. The minimum absolute atomic E-state index is 0.234. The van der Waals surface area contributed by atoms with Crippen LogP contribution < -0.4 is 10.6 Å². The monoisotopic (exact) mass is 228 g/mol. The normalized spacial score (nSPS) is 31.3. The summed E-state index contributed by atoms with van der Waals surface area (Å²) < 4.78 is 0. The second-order valence-electron chi connectivity index (χ2n) is 4.39. The Kier molecular flexibility index (Phi) is 3.92. The van der Waals surface area contributed by atoms with Gasteiger partial charge in [0.2, 0.25) is 5.91 Å². The summed E-state index contributed by atoms with van der Waals surface area (Å²) >= 11 is 2.00. The van der Waals surface area contributed by atoms with Crippen LogP contribution in [0.5, 0.6) is 0 Å². The van der Waals surface area contributed by atoms with Crippen LogP contribution in [0.3, 0.4) is 0 Å². The van der Waals surface area contributed by atoms with E-state index in [9.17, 15) is 4.79 Å². The largest absolute Gasteiger partial charge is 0.352 e. The number of amides is 1. The zero-order valence-electron chi connectivity index (χ0n) is 9.29. The first-order chi connectivity index (χ1) is 7.31. The van der Waals surface area contributed by atoms with Crippen molar-refractivity contribution in [2.75, 3.05) is 18.8 Å². The number of thioether (sulfide) groups is 1. The summed E-state index contributed by atoms with van der Waals surface area (Å²) in [6.07, 6.45) is 3.71. The third-order valence-corrected chi connectivity index (χ3v) is 4.64. The number of nitrogens with one attached hydrogen (secondary N) is 2. The fraction of sp³-hybridized carbons (Fsp3) is 0.909. The first-order valence-corrected chi connectivity index (χ1v) is 6.99. The second-order valence-corrected chi connectivity index (χ2v) is 5.91. The average Bonchev–Trinajstić information content (AvgIpc) is 2.50. The van der Waals surface area contributed by atoms with Gasteiger partial charge in [0.05, 0.1) is 5.92 Å². The van der Waals surface area contributed by atoms with Crippen LogP contribution in [0.25, 0.3) is 0 Å². The van der Waals surface area contributed by atoms with Crippen molar-refractivity contribution in [3.05, 3.63) is 0 Å². The van der Waals surface area contributed by atoms with Crippen LogP contribution in [0, 0.1) is 5.92 Å². The zero-order chi connectivity index (χ0) is 10.7. The average molecular weight is 228 g/mol. The topological polar surface area (TPSA) is 41.1 Å². The molecule has 1 aliphatic carbocycles. The summed E-state index contributed by atoms with van der Waals surface area (Å²) in [7, 11) is 0.